The molecule has 1 rings (SSSR count). The van der Waals surface area contributed by atoms with Crippen LogP contribution >= 0.6 is 0 Å². The van der Waals surface area contributed by atoms with E-state index in [-0.39, 0.29) is 6.04 Å². The van der Waals surface area contributed by atoms with Crippen LogP contribution in [0.3, 0.4) is 0 Å². The van der Waals surface area contributed by atoms with Crippen LogP contribution in [-0.4, -0.2) is 12.0 Å². The molecule has 0 spiro atoms. The predicted octanol–water partition coefficient (Wildman–Crippen LogP) is 1.34. The van der Waals surface area contributed by atoms with Gasteiger partial charge in [0, 0.05) is 17.8 Å². The molecule has 12 heavy (non-hydrogen) atoms. The van der Waals surface area contributed by atoms with Gasteiger partial charge in [-0.25, -0.2) is 4.98 Å². The molecular formula is C10H12N2. The summed E-state index contributed by atoms with van der Waals surface area (Å²) in [5, 5.41) is 3.12. The van der Waals surface area contributed by atoms with Crippen LogP contribution in [0.4, 0.5) is 0 Å². The molecule has 0 saturated heterocycles. The summed E-state index contributed by atoms with van der Waals surface area (Å²) in [6.45, 7) is 2.05. The van der Waals surface area contributed by atoms with Crippen molar-refractivity contribution in [2.45, 2.75) is 13.0 Å². The number of pyridine rings is 1. The van der Waals surface area contributed by atoms with E-state index in [1.807, 2.05) is 19.2 Å². The quantitative estimate of drug-likeness (QED) is 0.660. The zero-order chi connectivity index (χ0) is 8.97. The van der Waals surface area contributed by atoms with Crippen LogP contribution in [0, 0.1) is 12.3 Å². The third-order valence-corrected chi connectivity index (χ3v) is 1.88. The second kappa shape index (κ2) is 3.89. The summed E-state index contributed by atoms with van der Waals surface area (Å²) < 4.78 is 0. The molecule has 0 radical (unpaired) electrons. The molecule has 0 saturated carbocycles. The Balaban J connectivity index is 3.07. The van der Waals surface area contributed by atoms with Gasteiger partial charge < -0.3 is 5.32 Å². The number of nitrogens with one attached hydrogen (secondary N) is 1. The van der Waals surface area contributed by atoms with Crippen LogP contribution < -0.4 is 5.32 Å². The van der Waals surface area contributed by atoms with Crippen LogP contribution in [0.1, 0.15) is 24.2 Å². The highest BCUT2D eigenvalue weighted by molar-refractivity contribution is 5.35. The van der Waals surface area contributed by atoms with E-state index in [0.717, 1.165) is 11.3 Å². The van der Waals surface area contributed by atoms with Crippen molar-refractivity contribution >= 4 is 0 Å². The van der Waals surface area contributed by atoms with E-state index in [2.05, 4.69) is 23.1 Å². The number of nitrogens with zero attached hydrogens (tertiary/aromatic N) is 1. The number of aromatic nitrogens is 1. The topological polar surface area (TPSA) is 24.9 Å². The molecule has 1 N–H and O–H groups in total. The van der Waals surface area contributed by atoms with Gasteiger partial charge in [-0.2, -0.15) is 0 Å². The fraction of sp³-hybridized carbons (Fsp3) is 0.300. The summed E-state index contributed by atoms with van der Waals surface area (Å²) >= 11 is 0. The van der Waals surface area contributed by atoms with Gasteiger partial charge in [-0.3, -0.25) is 0 Å². The first-order valence-corrected chi connectivity index (χ1v) is 3.88. The Bertz CT molecular complexity index is 299. The van der Waals surface area contributed by atoms with Crippen LogP contribution in [0.15, 0.2) is 18.3 Å². The van der Waals surface area contributed by atoms with Gasteiger partial charge in [0.15, 0.2) is 0 Å². The van der Waals surface area contributed by atoms with Crippen LogP contribution in [0.5, 0.6) is 0 Å². The highest BCUT2D eigenvalue weighted by Gasteiger charge is 2.06. The molecule has 0 bridgehead atoms. The first-order chi connectivity index (χ1) is 5.79. The monoisotopic (exact) mass is 160 g/mol. The zero-order valence-corrected chi connectivity index (χ0v) is 7.33. The van der Waals surface area contributed by atoms with Crippen LogP contribution in [0.25, 0.3) is 0 Å². The molecule has 1 atom stereocenters. The summed E-state index contributed by atoms with van der Waals surface area (Å²) in [5.41, 5.74) is 1.79. The standard InChI is InChI=1S/C10H12N2/c1-4-10-9(8(2)11-3)6-5-7-12-10/h1,5-8,11H,2-3H3/t8-/m0/s1. The number of rotatable bonds is 2. The van der Waals surface area contributed by atoms with Gasteiger partial charge in [-0.1, -0.05) is 6.07 Å². The largest absolute Gasteiger partial charge is 0.313 e. The Morgan fingerprint density at radius 2 is 2.42 bits per heavy atom. The van der Waals surface area contributed by atoms with Crippen molar-refractivity contribution in [3.05, 3.63) is 29.6 Å². The molecule has 2 heteroatoms. The van der Waals surface area contributed by atoms with Crippen molar-refractivity contribution < 1.29 is 0 Å². The fourth-order valence-electron chi connectivity index (χ4n) is 1.04. The SMILES string of the molecule is C#Cc1ncccc1[C@H](C)NC. The van der Waals surface area contributed by atoms with Crippen molar-refractivity contribution in [3.63, 3.8) is 0 Å². The maximum atomic E-state index is 5.30. The molecule has 0 unspecified atom stereocenters. The van der Waals surface area contributed by atoms with Crippen molar-refractivity contribution in [1.29, 1.82) is 0 Å². The molecular weight excluding hydrogens is 148 g/mol. The lowest BCUT2D eigenvalue weighted by Crippen LogP contribution is -2.14. The minimum absolute atomic E-state index is 0.254. The maximum absolute atomic E-state index is 5.30. The summed E-state index contributed by atoms with van der Waals surface area (Å²) in [5.74, 6) is 2.56. The average molecular weight is 160 g/mol. The van der Waals surface area contributed by atoms with E-state index in [1.165, 1.54) is 0 Å². The van der Waals surface area contributed by atoms with Crippen molar-refractivity contribution in [2.24, 2.45) is 0 Å². The Kier molecular flexibility index (Phi) is 2.84. The van der Waals surface area contributed by atoms with Gasteiger partial charge >= 0.3 is 0 Å². The minimum Gasteiger partial charge on any atom is -0.313 e. The highest BCUT2D eigenvalue weighted by atomic mass is 14.9. The summed E-state index contributed by atoms with van der Waals surface area (Å²) in [6, 6.07) is 4.14. The van der Waals surface area contributed by atoms with Crippen molar-refractivity contribution in [2.75, 3.05) is 7.05 Å². The molecule has 0 aromatic carbocycles. The summed E-state index contributed by atoms with van der Waals surface area (Å²) in [7, 11) is 1.90. The second-order valence-electron chi connectivity index (χ2n) is 2.60. The van der Waals surface area contributed by atoms with E-state index in [9.17, 15) is 0 Å². The average Bonchev–Trinajstić information content (AvgIpc) is 2.16. The maximum Gasteiger partial charge on any atom is 0.117 e. The van der Waals surface area contributed by atoms with Crippen molar-refractivity contribution in [3.8, 4) is 12.3 Å². The molecule has 1 heterocycles. The second-order valence-corrected chi connectivity index (χ2v) is 2.60. The Labute approximate surface area is 73.0 Å². The molecule has 0 fully saturated rings. The van der Waals surface area contributed by atoms with E-state index in [1.54, 1.807) is 6.20 Å². The van der Waals surface area contributed by atoms with Gasteiger partial charge in [0.2, 0.25) is 0 Å². The predicted molar refractivity (Wildman–Crippen MR) is 49.6 cm³/mol. The minimum atomic E-state index is 0.254. The van der Waals surface area contributed by atoms with E-state index in [0.29, 0.717) is 0 Å². The summed E-state index contributed by atoms with van der Waals surface area (Å²) in [4.78, 5) is 4.09. The fourth-order valence-corrected chi connectivity index (χ4v) is 1.04. The molecule has 0 aliphatic heterocycles. The first-order valence-electron chi connectivity index (χ1n) is 3.88. The lowest BCUT2D eigenvalue weighted by molar-refractivity contribution is 0.648. The lowest BCUT2D eigenvalue weighted by Gasteiger charge is -2.11. The van der Waals surface area contributed by atoms with E-state index in [4.69, 9.17) is 6.42 Å². The number of hydrogen-bond donors (Lipinski definition) is 1. The molecule has 2 nitrogen and oxygen atoms in total. The Morgan fingerprint density at radius 1 is 1.67 bits per heavy atom. The molecule has 0 amide bonds. The van der Waals surface area contributed by atoms with Gasteiger partial charge in [0.05, 0.1) is 0 Å². The van der Waals surface area contributed by atoms with Gasteiger partial charge in [0.25, 0.3) is 0 Å². The first kappa shape index (κ1) is 8.76. The molecule has 1 aromatic rings. The molecule has 0 aliphatic rings. The lowest BCUT2D eigenvalue weighted by atomic mass is 10.1. The van der Waals surface area contributed by atoms with E-state index < -0.39 is 0 Å². The molecule has 62 valence electrons. The number of terminal acetylenes is 1. The molecule has 0 aliphatic carbocycles. The smallest absolute Gasteiger partial charge is 0.117 e. The Morgan fingerprint density at radius 3 is 3.00 bits per heavy atom. The highest BCUT2D eigenvalue weighted by Crippen LogP contribution is 2.13. The number of hydrogen-bond acceptors (Lipinski definition) is 2. The van der Waals surface area contributed by atoms with E-state index >= 15 is 0 Å². The normalized spacial score (nSPS) is 12.1. The third kappa shape index (κ3) is 1.63. The van der Waals surface area contributed by atoms with Crippen LogP contribution in [-0.2, 0) is 0 Å². The third-order valence-electron chi connectivity index (χ3n) is 1.88. The summed E-state index contributed by atoms with van der Waals surface area (Å²) in [6.07, 6.45) is 7.01. The van der Waals surface area contributed by atoms with Gasteiger partial charge in [-0.15, -0.1) is 6.42 Å². The van der Waals surface area contributed by atoms with Gasteiger partial charge in [-0.05, 0) is 26.0 Å². The molecule has 1 aromatic heterocycles. The zero-order valence-electron chi connectivity index (χ0n) is 7.33. The Hall–Kier alpha value is -1.33. The van der Waals surface area contributed by atoms with Crippen LogP contribution in [0.2, 0.25) is 0 Å². The van der Waals surface area contributed by atoms with Crippen molar-refractivity contribution in [1.82, 2.24) is 10.3 Å². The van der Waals surface area contributed by atoms with Gasteiger partial charge in [0.1, 0.15) is 5.69 Å².